The van der Waals surface area contributed by atoms with E-state index >= 15 is 0 Å². The van der Waals surface area contributed by atoms with E-state index < -0.39 is 11.7 Å². The first-order chi connectivity index (χ1) is 31.5. The summed E-state index contributed by atoms with van der Waals surface area (Å²) in [6.45, 7) is 16.9. The highest BCUT2D eigenvalue weighted by molar-refractivity contribution is 6.12. The first-order valence-corrected chi connectivity index (χ1v) is 20.2. The topological polar surface area (TPSA) is 89.9 Å². The van der Waals surface area contributed by atoms with E-state index in [0.717, 1.165) is 66.9 Å². The maximum absolute atomic E-state index is 14.5. The minimum absolute atomic E-state index is 0.266. The van der Waals surface area contributed by atoms with Crippen LogP contribution in [0.1, 0.15) is 27.8 Å². The van der Waals surface area contributed by atoms with Gasteiger partial charge in [-0.05, 0) is 143 Å². The van der Waals surface area contributed by atoms with Gasteiger partial charge in [0.15, 0.2) is 11.4 Å². The van der Waals surface area contributed by atoms with E-state index in [1.807, 2.05) is 94.1 Å². The molecule has 0 amide bonds. The lowest BCUT2D eigenvalue weighted by Gasteiger charge is -2.19. The van der Waals surface area contributed by atoms with E-state index in [1.165, 1.54) is 12.1 Å². The fraction of sp³-hybridized carbons (Fsp3) is 0.0364. The number of nitriles is 3. The molecule has 0 radical (unpaired) electrons. The summed E-state index contributed by atoms with van der Waals surface area (Å²) in [7, 11) is 0. The van der Waals surface area contributed by atoms with Crippen LogP contribution in [0.3, 0.4) is 0 Å². The van der Waals surface area contributed by atoms with Crippen LogP contribution < -0.4 is 0 Å². The molecule has 0 atom stereocenters. The van der Waals surface area contributed by atoms with Crippen LogP contribution in [0.2, 0.25) is 0 Å². The number of benzene rings is 8. The molecule has 0 aliphatic carbocycles. The molecule has 0 saturated carbocycles. The summed E-state index contributed by atoms with van der Waals surface area (Å²) < 4.78 is 47.3. The van der Waals surface area contributed by atoms with E-state index in [4.69, 9.17) is 13.1 Å². The number of fused-ring (bicyclic) bond motifs is 6. The van der Waals surface area contributed by atoms with E-state index in [2.05, 4.69) is 27.9 Å². The lowest BCUT2D eigenvalue weighted by atomic mass is 9.96. The zero-order valence-electron chi connectivity index (χ0n) is 34.2. The lowest BCUT2D eigenvalue weighted by Crippen LogP contribution is -2.07. The average Bonchev–Trinajstić information content (AvgIpc) is 3.84. The molecule has 10 heteroatoms. The van der Waals surface area contributed by atoms with Gasteiger partial charge in [-0.25, -0.2) is 9.69 Å². The molecule has 2 aromatic heterocycles. The van der Waals surface area contributed by atoms with Crippen molar-refractivity contribution < 1.29 is 13.2 Å². The first kappa shape index (κ1) is 39.7. The van der Waals surface area contributed by atoms with Gasteiger partial charge in [-0.1, -0.05) is 54.6 Å². The molecule has 65 heavy (non-hydrogen) atoms. The first-order valence-electron chi connectivity index (χ1n) is 20.2. The Morgan fingerprint density at radius 2 is 0.908 bits per heavy atom. The summed E-state index contributed by atoms with van der Waals surface area (Å²) in [5, 5.41) is 34.2. The number of para-hydroxylation sites is 2. The number of hydrogen-bond acceptors (Lipinski definition) is 3. The summed E-state index contributed by atoms with van der Waals surface area (Å²) in [5.74, 6) is 0. The molecule has 0 aliphatic rings. The summed E-state index contributed by atoms with van der Waals surface area (Å²) in [6, 6.07) is 51.4. The number of aromatic nitrogens is 2. The smallest absolute Gasteiger partial charge is 0.308 e. The standard InChI is InChI=1S/C55H28F3N7/c1-32-16-37(22-41(17-32)55(56,57)58)40-27-53(64-49-10-6-4-8-44(49)46-25-35(12-14-51(46)64)38-18-33(29-59)20-42(23-38)62-2)48(31-61)54(28-40)65-50-11-7-5-9-45(50)47-26-36(13-15-52(47)65)39-19-34(30-60)21-43(24-39)63-3/h4-28H,1H3. The Hall–Kier alpha value is -9.40. The molecule has 0 aliphatic heterocycles. The molecule has 0 unspecified atom stereocenters. The van der Waals surface area contributed by atoms with Crippen molar-refractivity contribution in [3.63, 3.8) is 0 Å². The van der Waals surface area contributed by atoms with Gasteiger partial charge >= 0.3 is 6.18 Å². The minimum Gasteiger partial charge on any atom is -0.308 e. The third kappa shape index (κ3) is 6.66. The number of aryl methyl sites for hydroxylation is 1. The summed E-state index contributed by atoms with van der Waals surface area (Å²) in [6.07, 6.45) is -4.61. The third-order valence-corrected chi connectivity index (χ3v) is 11.8. The molecule has 304 valence electrons. The Morgan fingerprint density at radius 3 is 1.35 bits per heavy atom. The van der Waals surface area contributed by atoms with Crippen molar-refractivity contribution in [2.75, 3.05) is 0 Å². The number of alkyl halides is 3. The molecule has 0 spiro atoms. The van der Waals surface area contributed by atoms with Gasteiger partial charge in [-0.3, -0.25) is 0 Å². The van der Waals surface area contributed by atoms with Gasteiger partial charge in [0.1, 0.15) is 11.6 Å². The van der Waals surface area contributed by atoms with Gasteiger partial charge in [0.25, 0.3) is 0 Å². The van der Waals surface area contributed by atoms with Crippen molar-refractivity contribution in [3.8, 4) is 63.0 Å². The Labute approximate surface area is 370 Å². The van der Waals surface area contributed by atoms with Crippen molar-refractivity contribution in [2.24, 2.45) is 0 Å². The zero-order chi connectivity index (χ0) is 45.1. The highest BCUT2D eigenvalue weighted by Crippen LogP contribution is 2.43. The zero-order valence-corrected chi connectivity index (χ0v) is 34.2. The van der Waals surface area contributed by atoms with Gasteiger partial charge in [0.05, 0.1) is 64.3 Å². The molecule has 0 N–H and O–H groups in total. The monoisotopic (exact) mass is 843 g/mol. The van der Waals surface area contributed by atoms with Crippen LogP contribution in [0.5, 0.6) is 0 Å². The van der Waals surface area contributed by atoms with Gasteiger partial charge in [-0.2, -0.15) is 29.0 Å². The van der Waals surface area contributed by atoms with Crippen LogP contribution in [0.25, 0.3) is 98.1 Å². The second-order valence-electron chi connectivity index (χ2n) is 15.7. The van der Waals surface area contributed by atoms with Gasteiger partial charge in [-0.15, -0.1) is 0 Å². The fourth-order valence-electron chi connectivity index (χ4n) is 9.00. The highest BCUT2D eigenvalue weighted by Gasteiger charge is 2.31. The Morgan fingerprint density at radius 1 is 0.462 bits per heavy atom. The molecule has 10 aromatic rings. The van der Waals surface area contributed by atoms with Gasteiger partial charge in [0.2, 0.25) is 0 Å². The van der Waals surface area contributed by atoms with E-state index in [1.54, 1.807) is 49.4 Å². The second-order valence-corrected chi connectivity index (χ2v) is 15.7. The minimum atomic E-state index is -4.61. The quantitative estimate of drug-likeness (QED) is 0.162. The van der Waals surface area contributed by atoms with Crippen LogP contribution in [0.4, 0.5) is 24.5 Å². The van der Waals surface area contributed by atoms with E-state index in [-0.39, 0.29) is 5.56 Å². The predicted molar refractivity (Wildman–Crippen MR) is 248 cm³/mol. The number of rotatable bonds is 5. The van der Waals surface area contributed by atoms with Crippen LogP contribution in [-0.2, 0) is 6.18 Å². The average molecular weight is 844 g/mol. The normalized spacial score (nSPS) is 11.3. The molecule has 2 heterocycles. The Kier molecular flexibility index (Phi) is 9.29. The van der Waals surface area contributed by atoms with Crippen molar-refractivity contribution >= 4 is 55.0 Å². The molecule has 0 bridgehead atoms. The molecule has 0 fully saturated rings. The Bertz CT molecular complexity index is 3630. The number of halogens is 3. The Balaban J connectivity index is 1.29. The highest BCUT2D eigenvalue weighted by atomic mass is 19.4. The number of nitrogens with zero attached hydrogens (tertiary/aromatic N) is 7. The van der Waals surface area contributed by atoms with E-state index in [0.29, 0.717) is 61.7 Å². The van der Waals surface area contributed by atoms with Crippen LogP contribution in [0.15, 0.2) is 152 Å². The molecule has 0 saturated heterocycles. The lowest BCUT2D eigenvalue weighted by molar-refractivity contribution is -0.137. The largest absolute Gasteiger partial charge is 0.416 e. The molecule has 7 nitrogen and oxygen atoms in total. The van der Waals surface area contributed by atoms with Crippen molar-refractivity contribution in [3.05, 3.63) is 202 Å². The molecule has 8 aromatic carbocycles. The van der Waals surface area contributed by atoms with Crippen LogP contribution in [0, 0.1) is 54.1 Å². The molecule has 10 rings (SSSR count). The second kappa shape index (κ2) is 15.2. The third-order valence-electron chi connectivity index (χ3n) is 11.8. The van der Waals surface area contributed by atoms with Crippen molar-refractivity contribution in [1.82, 2.24) is 9.13 Å². The maximum atomic E-state index is 14.5. The van der Waals surface area contributed by atoms with Crippen LogP contribution in [-0.4, -0.2) is 9.13 Å². The van der Waals surface area contributed by atoms with Crippen molar-refractivity contribution in [2.45, 2.75) is 13.1 Å². The van der Waals surface area contributed by atoms with Gasteiger partial charge in [0, 0.05) is 32.7 Å². The van der Waals surface area contributed by atoms with E-state index in [9.17, 15) is 29.0 Å². The van der Waals surface area contributed by atoms with Gasteiger partial charge < -0.3 is 9.13 Å². The predicted octanol–water partition coefficient (Wildman–Crippen LogP) is 14.9. The molecular weight excluding hydrogens is 816 g/mol. The molecular formula is C55H28F3N7. The summed E-state index contributed by atoms with van der Waals surface area (Å²) >= 11 is 0. The fourth-order valence-corrected chi connectivity index (χ4v) is 9.00. The van der Waals surface area contributed by atoms with Crippen LogP contribution >= 0.6 is 0 Å². The summed E-state index contributed by atoms with van der Waals surface area (Å²) in [4.78, 5) is 7.15. The number of hydrogen-bond donors (Lipinski definition) is 0. The van der Waals surface area contributed by atoms with Crippen molar-refractivity contribution in [1.29, 1.82) is 15.8 Å². The maximum Gasteiger partial charge on any atom is 0.416 e. The SMILES string of the molecule is [C-]#[N+]c1cc(C#N)cc(-c2ccc3c(c2)c2ccccc2n3-c2cc(-c3cc(C)cc(C(F)(F)F)c3)cc(-n3c4ccccc4c4cc(-c5cc(C#N)cc([N+]#[C-])c5)ccc43)c2C#N)c1. The summed E-state index contributed by atoms with van der Waals surface area (Å²) in [5.41, 5.74) is 8.78.